The molecular weight excluding hydrogens is 303 g/mol. The summed E-state index contributed by atoms with van der Waals surface area (Å²) < 4.78 is 13.3. The molecule has 1 aromatic carbocycles. The Morgan fingerprint density at radius 3 is 2.59 bits per heavy atom. The van der Waals surface area contributed by atoms with Crippen molar-refractivity contribution in [1.82, 2.24) is 5.32 Å². The zero-order chi connectivity index (χ0) is 15.1. The highest BCUT2D eigenvalue weighted by atomic mass is 35.5. The minimum Gasteiger partial charge on any atom is -0.355 e. The summed E-state index contributed by atoms with van der Waals surface area (Å²) in [6.45, 7) is 1.35. The number of benzene rings is 1. The molecule has 124 valence electrons. The second-order valence-corrected chi connectivity index (χ2v) is 6.02. The first-order chi connectivity index (χ1) is 10.2. The first-order valence-electron chi connectivity index (χ1n) is 7.89. The molecule has 1 saturated carbocycles. The predicted molar refractivity (Wildman–Crippen MR) is 89.7 cm³/mol. The topological polar surface area (TPSA) is 55.1 Å². The molecule has 0 aliphatic heterocycles. The van der Waals surface area contributed by atoms with E-state index in [1.807, 2.05) is 6.07 Å². The largest absolute Gasteiger partial charge is 0.355 e. The van der Waals surface area contributed by atoms with Crippen molar-refractivity contribution in [1.29, 1.82) is 0 Å². The molecule has 0 unspecified atom stereocenters. The van der Waals surface area contributed by atoms with Crippen molar-refractivity contribution in [2.75, 3.05) is 13.1 Å². The van der Waals surface area contributed by atoms with Crippen LogP contribution in [0, 0.1) is 5.82 Å². The molecule has 1 aromatic rings. The second kappa shape index (κ2) is 9.11. The molecule has 22 heavy (non-hydrogen) atoms. The van der Waals surface area contributed by atoms with Crippen molar-refractivity contribution in [3.05, 3.63) is 35.6 Å². The van der Waals surface area contributed by atoms with Gasteiger partial charge in [-0.05, 0) is 49.9 Å². The van der Waals surface area contributed by atoms with Crippen LogP contribution in [0.25, 0.3) is 0 Å². The van der Waals surface area contributed by atoms with Crippen molar-refractivity contribution in [2.24, 2.45) is 5.73 Å². The first kappa shape index (κ1) is 18.9. The Kier molecular flexibility index (Phi) is 7.83. The van der Waals surface area contributed by atoms with Gasteiger partial charge in [0.15, 0.2) is 0 Å². The Morgan fingerprint density at radius 1 is 1.23 bits per heavy atom. The number of hydrogen-bond acceptors (Lipinski definition) is 2. The van der Waals surface area contributed by atoms with Gasteiger partial charge in [0.1, 0.15) is 5.82 Å². The van der Waals surface area contributed by atoms with Crippen LogP contribution in [0.1, 0.15) is 50.5 Å². The molecule has 0 aromatic heterocycles. The number of nitrogens with two attached hydrogens (primary N) is 1. The van der Waals surface area contributed by atoms with Crippen LogP contribution >= 0.6 is 12.4 Å². The molecule has 5 heteroatoms. The number of halogens is 2. The maximum absolute atomic E-state index is 13.3. The standard InChI is InChI=1S/C17H25FN2O.ClH/c18-15-7-5-6-14(12-15)17(9-10-17)13-20-16(21)8-3-1-2-4-11-19;/h5-7,12H,1-4,8-11,13,19H2,(H,20,21);1H. The Bertz CT molecular complexity index is 477. The molecule has 0 atom stereocenters. The minimum absolute atomic E-state index is 0. The van der Waals surface area contributed by atoms with E-state index in [0.717, 1.165) is 50.6 Å². The van der Waals surface area contributed by atoms with E-state index in [1.54, 1.807) is 12.1 Å². The minimum atomic E-state index is -0.204. The predicted octanol–water partition coefficient (Wildman–Crippen LogP) is 3.30. The third-order valence-electron chi connectivity index (χ3n) is 4.27. The average Bonchev–Trinajstić information content (AvgIpc) is 3.26. The van der Waals surface area contributed by atoms with E-state index < -0.39 is 0 Å². The van der Waals surface area contributed by atoms with Gasteiger partial charge in [0.25, 0.3) is 0 Å². The molecule has 1 aliphatic carbocycles. The third-order valence-corrected chi connectivity index (χ3v) is 4.27. The van der Waals surface area contributed by atoms with Crippen molar-refractivity contribution in [2.45, 2.75) is 50.4 Å². The van der Waals surface area contributed by atoms with E-state index in [0.29, 0.717) is 13.0 Å². The van der Waals surface area contributed by atoms with Crippen LogP contribution in [-0.4, -0.2) is 19.0 Å². The highest BCUT2D eigenvalue weighted by molar-refractivity contribution is 5.85. The molecule has 3 nitrogen and oxygen atoms in total. The van der Waals surface area contributed by atoms with E-state index in [2.05, 4.69) is 5.32 Å². The van der Waals surface area contributed by atoms with Gasteiger partial charge < -0.3 is 11.1 Å². The number of amides is 1. The van der Waals surface area contributed by atoms with Gasteiger partial charge in [0.2, 0.25) is 5.91 Å². The van der Waals surface area contributed by atoms with Crippen LogP contribution in [0.4, 0.5) is 4.39 Å². The summed E-state index contributed by atoms with van der Waals surface area (Å²) in [5.41, 5.74) is 6.41. The normalized spacial score (nSPS) is 15.0. The highest BCUT2D eigenvalue weighted by Gasteiger charge is 2.44. The molecule has 1 amide bonds. The lowest BCUT2D eigenvalue weighted by molar-refractivity contribution is -0.121. The highest BCUT2D eigenvalue weighted by Crippen LogP contribution is 2.47. The van der Waals surface area contributed by atoms with E-state index in [9.17, 15) is 9.18 Å². The molecular formula is C17H26ClFN2O. The van der Waals surface area contributed by atoms with Gasteiger partial charge in [-0.3, -0.25) is 4.79 Å². The molecule has 0 saturated heterocycles. The van der Waals surface area contributed by atoms with Crippen LogP contribution in [0.3, 0.4) is 0 Å². The van der Waals surface area contributed by atoms with E-state index in [4.69, 9.17) is 5.73 Å². The lowest BCUT2D eigenvalue weighted by Crippen LogP contribution is -2.32. The zero-order valence-electron chi connectivity index (χ0n) is 12.9. The molecule has 1 fully saturated rings. The summed E-state index contributed by atoms with van der Waals surface area (Å²) >= 11 is 0. The Balaban J connectivity index is 0.00000242. The number of carbonyl (C=O) groups excluding carboxylic acids is 1. The summed E-state index contributed by atoms with van der Waals surface area (Å²) in [4.78, 5) is 11.8. The Labute approximate surface area is 138 Å². The summed E-state index contributed by atoms with van der Waals surface area (Å²) in [5.74, 6) is -0.101. The van der Waals surface area contributed by atoms with Crippen LogP contribution in [0.15, 0.2) is 24.3 Å². The van der Waals surface area contributed by atoms with E-state index in [-0.39, 0.29) is 29.5 Å². The number of rotatable bonds is 9. The van der Waals surface area contributed by atoms with E-state index >= 15 is 0 Å². The van der Waals surface area contributed by atoms with Gasteiger partial charge in [-0.2, -0.15) is 0 Å². The van der Waals surface area contributed by atoms with E-state index in [1.165, 1.54) is 6.07 Å². The lowest BCUT2D eigenvalue weighted by Gasteiger charge is -2.16. The molecule has 2 rings (SSSR count). The average molecular weight is 329 g/mol. The molecule has 0 spiro atoms. The fourth-order valence-corrected chi connectivity index (χ4v) is 2.68. The quantitative estimate of drug-likeness (QED) is 0.683. The summed E-state index contributed by atoms with van der Waals surface area (Å²) in [5, 5.41) is 3.01. The number of carbonyl (C=O) groups is 1. The monoisotopic (exact) mass is 328 g/mol. The smallest absolute Gasteiger partial charge is 0.220 e. The first-order valence-corrected chi connectivity index (χ1v) is 7.89. The van der Waals surface area contributed by atoms with Gasteiger partial charge in [-0.15, -0.1) is 12.4 Å². The van der Waals surface area contributed by atoms with Crippen LogP contribution in [0.2, 0.25) is 0 Å². The fraction of sp³-hybridized carbons (Fsp3) is 0.588. The SMILES string of the molecule is Cl.NCCCCCCC(=O)NCC1(c2cccc(F)c2)CC1. The fourth-order valence-electron chi connectivity index (χ4n) is 2.68. The molecule has 0 radical (unpaired) electrons. The zero-order valence-corrected chi connectivity index (χ0v) is 13.8. The van der Waals surface area contributed by atoms with Crippen molar-refractivity contribution in [3.8, 4) is 0 Å². The Morgan fingerprint density at radius 2 is 1.95 bits per heavy atom. The van der Waals surface area contributed by atoms with Crippen LogP contribution < -0.4 is 11.1 Å². The number of unbranched alkanes of at least 4 members (excludes halogenated alkanes) is 3. The molecule has 0 bridgehead atoms. The summed E-state index contributed by atoms with van der Waals surface area (Å²) in [6.07, 6.45) is 6.71. The molecule has 1 aliphatic rings. The summed E-state index contributed by atoms with van der Waals surface area (Å²) in [7, 11) is 0. The maximum atomic E-state index is 13.3. The van der Waals surface area contributed by atoms with Gasteiger partial charge in [-0.25, -0.2) is 4.39 Å². The Hall–Kier alpha value is -1.13. The van der Waals surface area contributed by atoms with Crippen molar-refractivity contribution < 1.29 is 9.18 Å². The second-order valence-electron chi connectivity index (χ2n) is 6.02. The lowest BCUT2D eigenvalue weighted by atomic mass is 9.96. The van der Waals surface area contributed by atoms with Gasteiger partial charge in [0, 0.05) is 18.4 Å². The van der Waals surface area contributed by atoms with Crippen LogP contribution in [-0.2, 0) is 10.2 Å². The molecule has 0 heterocycles. The number of nitrogens with one attached hydrogen (secondary N) is 1. The number of hydrogen-bond donors (Lipinski definition) is 2. The van der Waals surface area contributed by atoms with Crippen molar-refractivity contribution in [3.63, 3.8) is 0 Å². The third kappa shape index (κ3) is 5.58. The van der Waals surface area contributed by atoms with Gasteiger partial charge in [0.05, 0.1) is 0 Å². The van der Waals surface area contributed by atoms with Crippen LogP contribution in [0.5, 0.6) is 0 Å². The maximum Gasteiger partial charge on any atom is 0.220 e. The van der Waals surface area contributed by atoms with Gasteiger partial charge >= 0.3 is 0 Å². The molecule has 3 N–H and O–H groups in total. The van der Waals surface area contributed by atoms with Gasteiger partial charge in [-0.1, -0.05) is 25.0 Å². The van der Waals surface area contributed by atoms with Crippen molar-refractivity contribution >= 4 is 18.3 Å². The summed E-state index contributed by atoms with van der Waals surface area (Å²) in [6, 6.07) is 6.74.